The highest BCUT2D eigenvalue weighted by atomic mass is 16.6. The van der Waals surface area contributed by atoms with E-state index in [9.17, 15) is 29.9 Å². The predicted molar refractivity (Wildman–Crippen MR) is 139 cm³/mol. The van der Waals surface area contributed by atoms with Gasteiger partial charge in [0.2, 0.25) is 0 Å². The van der Waals surface area contributed by atoms with Gasteiger partial charge < -0.3 is 24.8 Å². The maximum absolute atomic E-state index is 13.3. The number of ketones is 1. The van der Waals surface area contributed by atoms with E-state index in [-0.39, 0.29) is 29.1 Å². The number of hydrogen-bond donors (Lipinski definition) is 3. The molecule has 0 bridgehead atoms. The molecule has 1 aliphatic heterocycles. The zero-order valence-electron chi connectivity index (χ0n) is 20.2. The van der Waals surface area contributed by atoms with Crippen LogP contribution in [-0.4, -0.2) is 50.4 Å². The number of amides is 1. The van der Waals surface area contributed by atoms with Gasteiger partial charge in [-0.15, -0.1) is 0 Å². The highest BCUT2D eigenvalue weighted by Crippen LogP contribution is 2.40. The molecular formula is C28H23N3O7. The molecule has 3 N–H and O–H groups in total. The fraction of sp³-hybridized carbons (Fsp3) is 0.143. The lowest BCUT2D eigenvalue weighted by atomic mass is 9.95. The van der Waals surface area contributed by atoms with Gasteiger partial charge in [-0.3, -0.25) is 19.7 Å². The highest BCUT2D eigenvalue weighted by Gasteiger charge is 2.46. The normalized spacial score (nSPS) is 16.8. The molecule has 0 spiro atoms. The van der Waals surface area contributed by atoms with Crippen molar-refractivity contribution >= 4 is 34.0 Å². The van der Waals surface area contributed by atoms with Crippen LogP contribution in [-0.2, 0) is 16.0 Å². The molecule has 1 amide bonds. The van der Waals surface area contributed by atoms with Crippen molar-refractivity contribution in [3.8, 4) is 11.5 Å². The smallest absolute Gasteiger partial charge is 0.295 e. The third-order valence-corrected chi connectivity index (χ3v) is 6.65. The van der Waals surface area contributed by atoms with Gasteiger partial charge in [0.25, 0.3) is 17.4 Å². The lowest BCUT2D eigenvalue weighted by Crippen LogP contribution is -2.31. The van der Waals surface area contributed by atoms with Gasteiger partial charge in [0.05, 0.1) is 23.6 Å². The van der Waals surface area contributed by atoms with E-state index in [1.54, 1.807) is 19.2 Å². The second-order valence-electron chi connectivity index (χ2n) is 8.87. The van der Waals surface area contributed by atoms with Crippen molar-refractivity contribution in [1.29, 1.82) is 0 Å². The van der Waals surface area contributed by atoms with Crippen molar-refractivity contribution in [2.45, 2.75) is 12.5 Å². The van der Waals surface area contributed by atoms with Gasteiger partial charge in [-0.25, -0.2) is 0 Å². The first-order chi connectivity index (χ1) is 18.3. The van der Waals surface area contributed by atoms with Crippen LogP contribution in [0, 0.1) is 10.1 Å². The summed E-state index contributed by atoms with van der Waals surface area (Å²) < 4.78 is 5.32. The number of nitrogens with zero attached hydrogens (tertiary/aromatic N) is 2. The number of aliphatic hydroxyl groups is 1. The number of phenols is 1. The van der Waals surface area contributed by atoms with Crippen LogP contribution in [0.1, 0.15) is 22.7 Å². The number of aromatic amines is 1. The number of fused-ring (bicyclic) bond motifs is 1. The monoisotopic (exact) mass is 513 g/mol. The molecule has 38 heavy (non-hydrogen) atoms. The van der Waals surface area contributed by atoms with E-state index in [2.05, 4.69) is 4.98 Å². The molecule has 3 aromatic carbocycles. The van der Waals surface area contributed by atoms with Crippen LogP contribution in [0.15, 0.2) is 78.5 Å². The first kappa shape index (κ1) is 24.6. The predicted octanol–water partition coefficient (Wildman–Crippen LogP) is 4.45. The fourth-order valence-electron chi connectivity index (χ4n) is 4.81. The molecule has 192 valence electrons. The molecule has 2 heterocycles. The average molecular weight is 514 g/mol. The fourth-order valence-corrected chi connectivity index (χ4v) is 4.81. The summed E-state index contributed by atoms with van der Waals surface area (Å²) in [5.41, 5.74) is 1.75. The first-order valence-electron chi connectivity index (χ1n) is 11.7. The molecule has 1 atom stereocenters. The van der Waals surface area contributed by atoms with E-state index in [0.717, 1.165) is 22.5 Å². The lowest BCUT2D eigenvalue weighted by Gasteiger charge is -2.25. The van der Waals surface area contributed by atoms with Gasteiger partial charge >= 0.3 is 0 Å². The van der Waals surface area contributed by atoms with Crippen LogP contribution in [0.3, 0.4) is 0 Å². The minimum absolute atomic E-state index is 0.0334. The molecular weight excluding hydrogens is 490 g/mol. The number of nitrogens with one attached hydrogen (secondary N) is 1. The van der Waals surface area contributed by atoms with Crippen LogP contribution < -0.4 is 4.74 Å². The zero-order valence-corrected chi connectivity index (χ0v) is 20.2. The second kappa shape index (κ2) is 9.74. The number of aromatic hydroxyl groups is 1. The number of H-pyrrole nitrogens is 1. The number of aliphatic hydroxyl groups excluding tert-OH is 1. The molecule has 1 aromatic heterocycles. The van der Waals surface area contributed by atoms with Crippen LogP contribution in [0.5, 0.6) is 11.5 Å². The summed E-state index contributed by atoms with van der Waals surface area (Å²) in [6.45, 7) is 0.126. The second-order valence-corrected chi connectivity index (χ2v) is 8.87. The third kappa shape index (κ3) is 4.32. The number of ether oxygens (including phenoxy) is 1. The quantitative estimate of drug-likeness (QED) is 0.109. The van der Waals surface area contributed by atoms with Crippen molar-refractivity contribution in [2.24, 2.45) is 0 Å². The number of nitro groups is 1. The molecule has 1 fully saturated rings. The number of Topliss-reactive ketones (excluding diaryl/α,β-unsaturated/α-hetero) is 1. The number of carbonyl (C=O) groups excluding carboxylic acids is 2. The van der Waals surface area contributed by atoms with Gasteiger partial charge in [0.1, 0.15) is 17.3 Å². The Hall–Kier alpha value is -5.12. The Balaban J connectivity index is 1.57. The Bertz CT molecular complexity index is 1620. The number of rotatable bonds is 7. The molecule has 4 aromatic rings. The number of hydrogen-bond acceptors (Lipinski definition) is 7. The van der Waals surface area contributed by atoms with Crippen LogP contribution in [0.25, 0.3) is 16.7 Å². The summed E-state index contributed by atoms with van der Waals surface area (Å²) in [5, 5.41) is 33.5. The number of carbonyl (C=O) groups is 2. The largest absolute Gasteiger partial charge is 0.508 e. The first-order valence-corrected chi connectivity index (χ1v) is 11.7. The Morgan fingerprint density at radius 3 is 2.63 bits per heavy atom. The molecule has 1 aliphatic rings. The lowest BCUT2D eigenvalue weighted by molar-refractivity contribution is -0.384. The summed E-state index contributed by atoms with van der Waals surface area (Å²) in [4.78, 5) is 41.7. The number of nitro benzene ring substituents is 1. The molecule has 10 heteroatoms. The molecule has 10 nitrogen and oxygen atoms in total. The molecule has 0 unspecified atom stereocenters. The van der Waals surface area contributed by atoms with Gasteiger partial charge in [0, 0.05) is 41.3 Å². The minimum atomic E-state index is -1.01. The summed E-state index contributed by atoms with van der Waals surface area (Å²) >= 11 is 0. The average Bonchev–Trinajstić information content (AvgIpc) is 3.44. The summed E-state index contributed by atoms with van der Waals surface area (Å²) in [6.07, 6.45) is 2.21. The van der Waals surface area contributed by atoms with E-state index < -0.39 is 28.4 Å². The van der Waals surface area contributed by atoms with Crippen molar-refractivity contribution in [1.82, 2.24) is 9.88 Å². The van der Waals surface area contributed by atoms with E-state index in [1.165, 1.54) is 35.2 Å². The van der Waals surface area contributed by atoms with Crippen LogP contribution in [0.2, 0.25) is 0 Å². The number of phenolic OH excluding ortho intramolecular Hbond substituents is 1. The van der Waals surface area contributed by atoms with Crippen LogP contribution >= 0.6 is 0 Å². The Morgan fingerprint density at radius 1 is 1.11 bits per heavy atom. The minimum Gasteiger partial charge on any atom is -0.508 e. The van der Waals surface area contributed by atoms with Crippen LogP contribution in [0.4, 0.5) is 5.69 Å². The van der Waals surface area contributed by atoms with E-state index in [0.29, 0.717) is 17.7 Å². The number of likely N-dealkylation sites (tertiary alicyclic amines) is 1. The summed E-state index contributed by atoms with van der Waals surface area (Å²) in [7, 11) is 1.57. The molecule has 0 radical (unpaired) electrons. The number of non-ortho nitro benzene ring substituents is 1. The summed E-state index contributed by atoms with van der Waals surface area (Å²) in [5.74, 6) is -1.66. The Kier molecular flexibility index (Phi) is 6.29. The molecule has 5 rings (SSSR count). The zero-order chi connectivity index (χ0) is 27.0. The SMILES string of the molecule is COc1ccc2[nH]cc(CCN3C(=O)C(=O)C(=C(O)c4cccc([N+](=O)[O-])c4)[C@H]3c3cccc(O)c3)c2c1. The van der Waals surface area contributed by atoms with Crippen molar-refractivity contribution in [3.63, 3.8) is 0 Å². The third-order valence-electron chi connectivity index (χ3n) is 6.65. The molecule has 0 saturated carbocycles. The maximum atomic E-state index is 13.3. The maximum Gasteiger partial charge on any atom is 0.295 e. The van der Waals surface area contributed by atoms with E-state index in [1.807, 2.05) is 24.4 Å². The number of benzene rings is 3. The van der Waals surface area contributed by atoms with Crippen molar-refractivity contribution in [3.05, 3.63) is 105 Å². The van der Waals surface area contributed by atoms with Crippen molar-refractivity contribution in [2.75, 3.05) is 13.7 Å². The Morgan fingerprint density at radius 2 is 1.89 bits per heavy atom. The topological polar surface area (TPSA) is 146 Å². The van der Waals surface area contributed by atoms with Crippen molar-refractivity contribution < 1.29 is 29.5 Å². The number of aromatic nitrogens is 1. The van der Waals surface area contributed by atoms with Gasteiger partial charge in [0.15, 0.2) is 0 Å². The van der Waals surface area contributed by atoms with Gasteiger partial charge in [-0.05, 0) is 47.9 Å². The Labute approximate surface area is 216 Å². The standard InChI is InChI=1S/C28H23N3O7/c1-38-21-8-9-23-22(14-21)18(15-29-23)10-11-30-25(16-4-3-7-20(32)13-16)24(27(34)28(30)35)26(33)17-5-2-6-19(12-17)31(36)37/h2-9,12-15,25,29,32-33H,10-11H2,1H3/t25-/m1/s1. The van der Waals surface area contributed by atoms with E-state index >= 15 is 0 Å². The van der Waals surface area contributed by atoms with Gasteiger partial charge in [-0.1, -0.05) is 24.3 Å². The van der Waals surface area contributed by atoms with E-state index in [4.69, 9.17) is 4.74 Å². The van der Waals surface area contributed by atoms with Gasteiger partial charge in [-0.2, -0.15) is 0 Å². The summed E-state index contributed by atoms with van der Waals surface area (Å²) in [6, 6.07) is 15.9. The molecule has 1 saturated heterocycles. The highest BCUT2D eigenvalue weighted by molar-refractivity contribution is 6.46. The molecule has 0 aliphatic carbocycles. The number of methoxy groups -OCH3 is 1.